The number of nitrogens with one attached hydrogen (secondary N) is 1. The Morgan fingerprint density at radius 2 is 1.89 bits per heavy atom. The van der Waals surface area contributed by atoms with Gasteiger partial charge in [-0.05, 0) is 49.4 Å². The number of rotatable bonds is 6. The molecule has 2 unspecified atom stereocenters. The fourth-order valence-corrected chi connectivity index (χ4v) is 7.31. The van der Waals surface area contributed by atoms with Gasteiger partial charge in [0.15, 0.2) is 6.61 Å². The SMILES string of the molecule is CCOC(=O)COc1ccc(Br)cc1[C@H]1c2sc(=O)[nH]c2SC2C(=O)N(c3ccc(F)cc3)C(=O)C21. The highest BCUT2D eigenvalue weighted by Gasteiger charge is 2.56. The molecule has 36 heavy (non-hydrogen) atoms. The number of ether oxygens (including phenoxy) is 2. The van der Waals surface area contributed by atoms with Gasteiger partial charge in [0, 0.05) is 20.8 Å². The molecule has 1 saturated heterocycles. The third-order valence-electron chi connectivity index (χ3n) is 5.87. The van der Waals surface area contributed by atoms with Crippen molar-refractivity contribution < 1.29 is 28.2 Å². The fraction of sp³-hybridized carbons (Fsp3) is 0.250. The summed E-state index contributed by atoms with van der Waals surface area (Å²) in [4.78, 5) is 55.6. The number of thiazole rings is 1. The van der Waals surface area contributed by atoms with E-state index in [2.05, 4.69) is 20.9 Å². The molecule has 186 valence electrons. The number of hydrogen-bond donors (Lipinski definition) is 1. The molecule has 0 saturated carbocycles. The lowest BCUT2D eigenvalue weighted by molar-refractivity contribution is -0.145. The van der Waals surface area contributed by atoms with E-state index in [-0.39, 0.29) is 23.8 Å². The molecular weight excluding hydrogens is 575 g/mol. The van der Waals surface area contributed by atoms with Crippen molar-refractivity contribution in [3.8, 4) is 5.75 Å². The third-order valence-corrected chi connectivity index (χ3v) is 8.76. The third kappa shape index (κ3) is 4.37. The number of carbonyl (C=O) groups excluding carboxylic acids is 3. The van der Waals surface area contributed by atoms with E-state index in [9.17, 15) is 23.6 Å². The molecule has 2 aliphatic rings. The van der Waals surface area contributed by atoms with Crippen molar-refractivity contribution >= 4 is 62.5 Å². The number of thioether (sulfide) groups is 1. The maximum atomic E-state index is 13.8. The van der Waals surface area contributed by atoms with Gasteiger partial charge in [-0.2, -0.15) is 0 Å². The molecule has 0 aliphatic carbocycles. The van der Waals surface area contributed by atoms with Gasteiger partial charge in [-0.15, -0.1) is 0 Å². The molecular formula is C24H18BrFN2O6S2. The Morgan fingerprint density at radius 1 is 1.14 bits per heavy atom. The molecule has 1 aromatic heterocycles. The quantitative estimate of drug-likeness (QED) is 0.339. The maximum Gasteiger partial charge on any atom is 0.344 e. The van der Waals surface area contributed by atoms with Gasteiger partial charge in [0.2, 0.25) is 11.8 Å². The number of anilines is 1. The van der Waals surface area contributed by atoms with Crippen LogP contribution in [0.3, 0.4) is 0 Å². The summed E-state index contributed by atoms with van der Waals surface area (Å²) in [5, 5.41) is -0.308. The Balaban J connectivity index is 1.61. The highest BCUT2D eigenvalue weighted by Crippen LogP contribution is 2.54. The second kappa shape index (κ2) is 9.83. The molecule has 3 heterocycles. The molecule has 1 N–H and O–H groups in total. The van der Waals surface area contributed by atoms with Gasteiger partial charge in [-0.3, -0.25) is 14.4 Å². The number of nitrogens with zero attached hydrogens (tertiary/aromatic N) is 1. The van der Waals surface area contributed by atoms with E-state index in [1.165, 1.54) is 24.3 Å². The molecule has 2 amide bonds. The molecule has 0 radical (unpaired) electrons. The number of benzene rings is 2. The van der Waals surface area contributed by atoms with Crippen molar-refractivity contribution in [2.45, 2.75) is 23.1 Å². The molecule has 3 aromatic rings. The van der Waals surface area contributed by atoms with Gasteiger partial charge in [-0.1, -0.05) is 39.0 Å². The number of carbonyl (C=O) groups is 3. The summed E-state index contributed by atoms with van der Waals surface area (Å²) < 4.78 is 24.9. The Labute approximate surface area is 220 Å². The second-order valence-electron chi connectivity index (χ2n) is 8.01. The molecule has 5 rings (SSSR count). The predicted molar refractivity (Wildman–Crippen MR) is 135 cm³/mol. The van der Waals surface area contributed by atoms with Gasteiger partial charge in [0.25, 0.3) is 0 Å². The van der Waals surface area contributed by atoms with Crippen LogP contribution in [-0.2, 0) is 19.1 Å². The standard InChI is InChI=1S/C24H18BrFN2O6S2/c1-2-33-16(29)10-34-15-8-3-11(25)9-14(15)17-18-20(35-21-19(17)36-24(32)27-21)23(31)28(22(18)30)13-6-4-12(26)5-7-13/h3-9,17-18,20H,2,10H2,1H3,(H,27,32)/t17-,18?,20?/m1/s1. The van der Waals surface area contributed by atoms with Crippen LogP contribution in [0.1, 0.15) is 23.3 Å². The first-order chi connectivity index (χ1) is 17.3. The summed E-state index contributed by atoms with van der Waals surface area (Å²) in [6, 6.07) is 10.3. The predicted octanol–water partition coefficient (Wildman–Crippen LogP) is 4.08. The minimum Gasteiger partial charge on any atom is -0.482 e. The van der Waals surface area contributed by atoms with Gasteiger partial charge in [0.1, 0.15) is 16.8 Å². The van der Waals surface area contributed by atoms with E-state index in [1.54, 1.807) is 25.1 Å². The van der Waals surface area contributed by atoms with E-state index < -0.39 is 40.7 Å². The van der Waals surface area contributed by atoms with Crippen molar-refractivity contribution in [3.63, 3.8) is 0 Å². The van der Waals surface area contributed by atoms with Crippen molar-refractivity contribution in [2.75, 3.05) is 18.1 Å². The molecule has 0 spiro atoms. The normalized spacial score (nSPS) is 20.8. The Bertz CT molecular complexity index is 1420. The molecule has 3 atom stereocenters. The number of imide groups is 1. The Kier molecular flexibility index (Phi) is 6.75. The molecule has 2 aromatic carbocycles. The lowest BCUT2D eigenvalue weighted by Gasteiger charge is -2.31. The van der Waals surface area contributed by atoms with Crippen LogP contribution in [0.4, 0.5) is 10.1 Å². The van der Waals surface area contributed by atoms with Crippen molar-refractivity contribution in [1.29, 1.82) is 0 Å². The van der Waals surface area contributed by atoms with E-state index in [1.807, 2.05) is 0 Å². The molecule has 0 bridgehead atoms. The van der Waals surface area contributed by atoms with Crippen molar-refractivity contribution in [1.82, 2.24) is 4.98 Å². The topological polar surface area (TPSA) is 106 Å². The smallest absolute Gasteiger partial charge is 0.344 e. The van der Waals surface area contributed by atoms with Gasteiger partial charge < -0.3 is 14.5 Å². The Hall–Kier alpha value is -2.96. The highest BCUT2D eigenvalue weighted by atomic mass is 79.9. The number of aromatic nitrogens is 1. The first-order valence-corrected chi connectivity index (χ1v) is 13.4. The lowest BCUT2D eigenvalue weighted by Crippen LogP contribution is -2.32. The highest BCUT2D eigenvalue weighted by molar-refractivity contribution is 9.10. The zero-order valence-corrected chi connectivity index (χ0v) is 21.9. The van der Waals surface area contributed by atoms with Crippen molar-refractivity contribution in [2.24, 2.45) is 5.92 Å². The first-order valence-electron chi connectivity index (χ1n) is 10.9. The average Bonchev–Trinajstić information content (AvgIpc) is 3.33. The summed E-state index contributed by atoms with van der Waals surface area (Å²) in [6.07, 6.45) is 0. The lowest BCUT2D eigenvalue weighted by atomic mass is 9.82. The summed E-state index contributed by atoms with van der Waals surface area (Å²) in [5.74, 6) is -3.18. The van der Waals surface area contributed by atoms with Crippen LogP contribution in [0.15, 0.2) is 56.8 Å². The molecule has 2 aliphatic heterocycles. The van der Waals surface area contributed by atoms with E-state index in [0.717, 1.165) is 28.0 Å². The number of amides is 2. The van der Waals surface area contributed by atoms with Crippen molar-refractivity contribution in [3.05, 3.63) is 72.9 Å². The van der Waals surface area contributed by atoms with Gasteiger partial charge >= 0.3 is 10.8 Å². The monoisotopic (exact) mass is 592 g/mol. The summed E-state index contributed by atoms with van der Waals surface area (Å²) in [7, 11) is 0. The maximum absolute atomic E-state index is 13.8. The van der Waals surface area contributed by atoms with E-state index in [4.69, 9.17) is 9.47 Å². The summed E-state index contributed by atoms with van der Waals surface area (Å²) in [5.41, 5.74) is 0.813. The van der Waals surface area contributed by atoms with Crippen LogP contribution >= 0.6 is 39.0 Å². The molecule has 8 nitrogen and oxygen atoms in total. The number of aromatic amines is 1. The minimum atomic E-state index is -0.856. The number of H-pyrrole nitrogens is 1. The van der Waals surface area contributed by atoms with Gasteiger partial charge in [0.05, 0.1) is 23.2 Å². The summed E-state index contributed by atoms with van der Waals surface area (Å²) in [6.45, 7) is 1.55. The van der Waals surface area contributed by atoms with Crippen LogP contribution in [0.25, 0.3) is 0 Å². The number of hydrogen-bond acceptors (Lipinski definition) is 8. The fourth-order valence-electron chi connectivity index (χ4n) is 4.43. The Morgan fingerprint density at radius 3 is 2.61 bits per heavy atom. The zero-order chi connectivity index (χ0) is 25.6. The zero-order valence-electron chi connectivity index (χ0n) is 18.7. The van der Waals surface area contributed by atoms with Crippen LogP contribution < -0.4 is 14.5 Å². The summed E-state index contributed by atoms with van der Waals surface area (Å²) >= 11 is 5.55. The van der Waals surface area contributed by atoms with Crippen LogP contribution in [-0.4, -0.2) is 41.2 Å². The van der Waals surface area contributed by atoms with Crippen LogP contribution in [0, 0.1) is 11.7 Å². The van der Waals surface area contributed by atoms with E-state index >= 15 is 0 Å². The van der Waals surface area contributed by atoms with Crippen LogP contribution in [0.2, 0.25) is 0 Å². The minimum absolute atomic E-state index is 0.204. The van der Waals surface area contributed by atoms with E-state index in [0.29, 0.717) is 25.7 Å². The van der Waals surface area contributed by atoms with Crippen LogP contribution in [0.5, 0.6) is 5.75 Å². The number of halogens is 2. The second-order valence-corrected chi connectivity index (χ2v) is 11.1. The number of fused-ring (bicyclic) bond motifs is 2. The van der Waals surface area contributed by atoms with Gasteiger partial charge in [-0.25, -0.2) is 14.1 Å². The first kappa shape index (κ1) is 24.7. The average molecular weight is 593 g/mol. The number of esters is 1. The largest absolute Gasteiger partial charge is 0.482 e. The molecule has 1 fully saturated rings. The molecule has 12 heteroatoms.